The predicted octanol–water partition coefficient (Wildman–Crippen LogP) is 2.88. The van der Waals surface area contributed by atoms with Gasteiger partial charge >= 0.3 is 0 Å². The van der Waals surface area contributed by atoms with E-state index in [-0.39, 0.29) is 5.91 Å². The minimum absolute atomic E-state index is 0.180. The van der Waals surface area contributed by atoms with Gasteiger partial charge in [-0.15, -0.1) is 22.7 Å². The molecule has 1 amide bonds. The maximum absolute atomic E-state index is 12.3. The molecule has 3 rings (SSSR count). The highest BCUT2D eigenvalue weighted by Gasteiger charge is 2.18. The van der Waals surface area contributed by atoms with Crippen molar-refractivity contribution in [1.82, 2.24) is 15.3 Å². The van der Waals surface area contributed by atoms with Crippen molar-refractivity contribution in [2.45, 2.75) is 20.4 Å². The molecule has 0 aliphatic heterocycles. The summed E-state index contributed by atoms with van der Waals surface area (Å²) < 4.78 is 0. The summed E-state index contributed by atoms with van der Waals surface area (Å²) in [7, 11) is 0. The van der Waals surface area contributed by atoms with E-state index < -0.39 is 0 Å². The number of nitrogen functional groups attached to an aromatic ring is 1. The number of amides is 1. The number of nitrogens with two attached hydrogens (primary N) is 1. The zero-order chi connectivity index (χ0) is 15.0. The van der Waals surface area contributed by atoms with Crippen molar-refractivity contribution >= 4 is 44.5 Å². The van der Waals surface area contributed by atoms with E-state index in [1.165, 1.54) is 22.7 Å². The third kappa shape index (κ3) is 2.62. The van der Waals surface area contributed by atoms with Gasteiger partial charge in [0.25, 0.3) is 5.91 Å². The van der Waals surface area contributed by atoms with Crippen LogP contribution in [0, 0.1) is 13.8 Å². The Hall–Kier alpha value is -1.99. The summed E-state index contributed by atoms with van der Waals surface area (Å²) in [6.45, 7) is 4.32. The smallest absolute Gasteiger partial charge is 0.263 e. The van der Waals surface area contributed by atoms with Crippen molar-refractivity contribution < 1.29 is 4.79 Å². The van der Waals surface area contributed by atoms with Gasteiger partial charge in [-0.05, 0) is 25.5 Å². The molecule has 0 aromatic carbocycles. The average Bonchev–Trinajstić information content (AvgIpc) is 3.04. The van der Waals surface area contributed by atoms with Crippen LogP contribution in [0.2, 0.25) is 0 Å². The summed E-state index contributed by atoms with van der Waals surface area (Å²) in [4.78, 5) is 22.2. The molecule has 21 heavy (non-hydrogen) atoms. The first-order chi connectivity index (χ1) is 10.1. The number of nitrogens with one attached hydrogen (secondary N) is 1. The molecule has 0 atom stereocenters. The van der Waals surface area contributed by atoms with Crippen molar-refractivity contribution in [3.63, 3.8) is 0 Å². The van der Waals surface area contributed by atoms with Gasteiger partial charge in [-0.25, -0.2) is 9.97 Å². The van der Waals surface area contributed by atoms with Gasteiger partial charge in [-0.2, -0.15) is 0 Å². The van der Waals surface area contributed by atoms with Crippen LogP contribution in [-0.2, 0) is 6.54 Å². The van der Waals surface area contributed by atoms with Gasteiger partial charge in [0.1, 0.15) is 9.71 Å². The predicted molar refractivity (Wildman–Crippen MR) is 86.8 cm³/mol. The van der Waals surface area contributed by atoms with Crippen molar-refractivity contribution in [2.24, 2.45) is 0 Å². The van der Waals surface area contributed by atoms with Crippen LogP contribution in [-0.4, -0.2) is 15.9 Å². The van der Waals surface area contributed by atoms with Crippen molar-refractivity contribution in [3.05, 3.63) is 38.8 Å². The lowest BCUT2D eigenvalue weighted by Crippen LogP contribution is -2.22. The van der Waals surface area contributed by atoms with Gasteiger partial charge in [0.15, 0.2) is 0 Å². The molecule has 3 heterocycles. The van der Waals surface area contributed by atoms with E-state index in [1.807, 2.05) is 25.3 Å². The molecule has 0 saturated carbocycles. The van der Waals surface area contributed by atoms with Crippen LogP contribution in [0.5, 0.6) is 0 Å². The zero-order valence-corrected chi connectivity index (χ0v) is 13.3. The SMILES string of the molecule is Cc1cc(C)c2c(N)c(C(=O)NCc3cscn3)sc2n1. The number of nitrogens with zero attached hydrogens (tertiary/aromatic N) is 2. The van der Waals surface area contributed by atoms with Crippen LogP contribution < -0.4 is 11.1 Å². The van der Waals surface area contributed by atoms with Crippen molar-refractivity contribution in [3.8, 4) is 0 Å². The Bertz CT molecular complexity index is 808. The monoisotopic (exact) mass is 318 g/mol. The van der Waals surface area contributed by atoms with Gasteiger partial charge < -0.3 is 11.1 Å². The molecule has 3 N–H and O–H groups in total. The number of aryl methyl sites for hydroxylation is 2. The lowest BCUT2D eigenvalue weighted by Gasteiger charge is -2.02. The minimum Gasteiger partial charge on any atom is -0.397 e. The Kier molecular flexibility index (Phi) is 3.60. The van der Waals surface area contributed by atoms with Crippen molar-refractivity contribution in [1.29, 1.82) is 0 Å². The second-order valence-electron chi connectivity index (χ2n) is 4.77. The van der Waals surface area contributed by atoms with Gasteiger partial charge in [-0.1, -0.05) is 0 Å². The maximum Gasteiger partial charge on any atom is 0.263 e. The standard InChI is InChI=1S/C14H14N4OS2/c1-7-3-8(2)18-14-10(7)11(15)12(21-14)13(19)16-4-9-5-20-6-17-9/h3,5-6H,4,15H2,1-2H3,(H,16,19). The van der Waals surface area contributed by atoms with Gasteiger partial charge in [0, 0.05) is 16.5 Å². The van der Waals surface area contributed by atoms with E-state index in [0.717, 1.165) is 27.2 Å². The van der Waals surface area contributed by atoms with Crippen LogP contribution in [0.15, 0.2) is 17.0 Å². The second kappa shape index (κ2) is 5.42. The van der Waals surface area contributed by atoms with Crippen LogP contribution in [0.25, 0.3) is 10.2 Å². The number of carbonyl (C=O) groups is 1. The Balaban J connectivity index is 1.91. The fourth-order valence-corrected chi connectivity index (χ4v) is 3.91. The first-order valence-electron chi connectivity index (χ1n) is 6.37. The molecular formula is C14H14N4OS2. The van der Waals surface area contributed by atoms with Gasteiger partial charge in [0.05, 0.1) is 23.4 Å². The van der Waals surface area contributed by atoms with Crippen molar-refractivity contribution in [2.75, 3.05) is 5.73 Å². The summed E-state index contributed by atoms with van der Waals surface area (Å²) in [5.74, 6) is -0.180. The fraction of sp³-hybridized carbons (Fsp3) is 0.214. The van der Waals surface area contributed by atoms with E-state index >= 15 is 0 Å². The van der Waals surface area contributed by atoms with E-state index in [9.17, 15) is 4.79 Å². The summed E-state index contributed by atoms with van der Waals surface area (Å²) >= 11 is 2.83. The number of fused-ring (bicyclic) bond motifs is 1. The van der Waals surface area contributed by atoms with Crippen LogP contribution in [0.1, 0.15) is 26.6 Å². The molecule has 3 aromatic heterocycles. The lowest BCUT2D eigenvalue weighted by molar-refractivity contribution is 0.0955. The topological polar surface area (TPSA) is 80.9 Å². The normalized spacial score (nSPS) is 11.0. The zero-order valence-electron chi connectivity index (χ0n) is 11.6. The highest BCUT2D eigenvalue weighted by atomic mass is 32.1. The van der Waals surface area contributed by atoms with E-state index in [4.69, 9.17) is 5.73 Å². The molecule has 3 aromatic rings. The second-order valence-corrected chi connectivity index (χ2v) is 6.49. The quantitative estimate of drug-likeness (QED) is 0.778. The number of carbonyl (C=O) groups excluding carboxylic acids is 1. The molecule has 0 radical (unpaired) electrons. The maximum atomic E-state index is 12.3. The summed E-state index contributed by atoms with van der Waals surface area (Å²) in [5, 5.41) is 5.63. The van der Waals surface area contributed by atoms with Crippen LogP contribution in [0.4, 0.5) is 5.69 Å². The molecule has 0 fully saturated rings. The molecule has 0 saturated heterocycles. The van der Waals surface area contributed by atoms with E-state index in [0.29, 0.717) is 17.1 Å². The number of hydrogen-bond acceptors (Lipinski definition) is 6. The summed E-state index contributed by atoms with van der Waals surface area (Å²) in [5.41, 5.74) is 11.2. The minimum atomic E-state index is -0.180. The molecule has 5 nitrogen and oxygen atoms in total. The number of pyridine rings is 1. The number of hydrogen-bond donors (Lipinski definition) is 2. The molecule has 0 spiro atoms. The van der Waals surface area contributed by atoms with Crippen LogP contribution in [0.3, 0.4) is 0 Å². The number of thiophene rings is 1. The molecule has 7 heteroatoms. The lowest BCUT2D eigenvalue weighted by atomic mass is 10.1. The van der Waals surface area contributed by atoms with Gasteiger partial charge in [0.2, 0.25) is 0 Å². The molecule has 0 unspecified atom stereocenters. The number of aromatic nitrogens is 2. The molecule has 0 aliphatic carbocycles. The van der Waals surface area contributed by atoms with Gasteiger partial charge in [-0.3, -0.25) is 4.79 Å². The largest absolute Gasteiger partial charge is 0.397 e. The fourth-order valence-electron chi connectivity index (χ4n) is 2.21. The Morgan fingerprint density at radius 1 is 1.43 bits per heavy atom. The summed E-state index contributed by atoms with van der Waals surface area (Å²) in [6, 6.07) is 1.97. The van der Waals surface area contributed by atoms with E-state index in [1.54, 1.807) is 5.51 Å². The number of thiazole rings is 1. The highest BCUT2D eigenvalue weighted by molar-refractivity contribution is 7.21. The van der Waals surface area contributed by atoms with E-state index in [2.05, 4.69) is 15.3 Å². The average molecular weight is 318 g/mol. The third-order valence-electron chi connectivity index (χ3n) is 3.14. The van der Waals surface area contributed by atoms with Crippen LogP contribution >= 0.6 is 22.7 Å². The Morgan fingerprint density at radius 3 is 2.95 bits per heavy atom. The first kappa shape index (κ1) is 14.0. The first-order valence-corrected chi connectivity index (χ1v) is 8.13. The Morgan fingerprint density at radius 2 is 2.24 bits per heavy atom. The molecule has 0 bridgehead atoms. The number of rotatable bonds is 3. The molecule has 0 aliphatic rings. The highest BCUT2D eigenvalue weighted by Crippen LogP contribution is 2.34. The molecule has 108 valence electrons. The summed E-state index contributed by atoms with van der Waals surface area (Å²) in [6.07, 6.45) is 0. The number of anilines is 1. The Labute approximate surface area is 129 Å². The third-order valence-corrected chi connectivity index (χ3v) is 4.88. The molecular weight excluding hydrogens is 304 g/mol.